The Morgan fingerprint density at radius 3 is 2.06 bits per heavy atom. The highest BCUT2D eigenvalue weighted by Gasteiger charge is 2.50. The van der Waals surface area contributed by atoms with Gasteiger partial charge in [0.15, 0.2) is 0 Å². The van der Waals surface area contributed by atoms with Gasteiger partial charge in [-0.25, -0.2) is 0 Å². The number of carbonyl (C=O) groups is 2. The first-order chi connectivity index (χ1) is 14.5. The van der Waals surface area contributed by atoms with Gasteiger partial charge in [-0.15, -0.1) is 0 Å². The molecule has 174 valence electrons. The van der Waals surface area contributed by atoms with E-state index in [1.807, 2.05) is 9.80 Å². The van der Waals surface area contributed by atoms with Gasteiger partial charge in [0.1, 0.15) is 0 Å². The van der Waals surface area contributed by atoms with Gasteiger partial charge < -0.3 is 14.5 Å². The highest BCUT2D eigenvalue weighted by molar-refractivity contribution is 5.93. The number of carbonyl (C=O) groups excluding carboxylic acids is 2. The zero-order chi connectivity index (χ0) is 23.0. The Morgan fingerprint density at radius 1 is 0.968 bits per heavy atom. The predicted molar refractivity (Wildman–Crippen MR) is 123 cm³/mol. The summed E-state index contributed by atoms with van der Waals surface area (Å²) in [7, 11) is 0. The summed E-state index contributed by atoms with van der Waals surface area (Å²) in [4.78, 5) is 34.4. The monoisotopic (exact) mass is 432 g/mol. The first-order valence-electron chi connectivity index (χ1n) is 11.5. The number of hydrogen-bond acceptors (Lipinski definition) is 5. The van der Waals surface area contributed by atoms with E-state index in [2.05, 4.69) is 57.6 Å². The lowest BCUT2D eigenvalue weighted by atomic mass is 9.86. The molecule has 2 amide bonds. The van der Waals surface area contributed by atoms with Gasteiger partial charge in [-0.05, 0) is 47.1 Å². The Labute approximate surface area is 187 Å². The summed E-state index contributed by atoms with van der Waals surface area (Å²) in [6.45, 7) is 24.4. The second-order valence-corrected chi connectivity index (χ2v) is 10.3. The van der Waals surface area contributed by atoms with E-state index in [1.165, 1.54) is 6.08 Å². The van der Waals surface area contributed by atoms with E-state index in [-0.39, 0.29) is 22.9 Å². The number of amides is 2. The predicted octanol–water partition coefficient (Wildman–Crippen LogP) is 1.75. The van der Waals surface area contributed by atoms with Crippen molar-refractivity contribution in [2.75, 3.05) is 52.5 Å². The van der Waals surface area contributed by atoms with Crippen molar-refractivity contribution < 1.29 is 14.3 Å². The Kier molecular flexibility index (Phi) is 6.99. The van der Waals surface area contributed by atoms with Gasteiger partial charge in [-0.2, -0.15) is 0 Å². The van der Waals surface area contributed by atoms with E-state index in [0.29, 0.717) is 63.5 Å². The van der Waals surface area contributed by atoms with Crippen LogP contribution in [0.4, 0.5) is 0 Å². The summed E-state index contributed by atoms with van der Waals surface area (Å²) >= 11 is 0. The molecule has 3 heterocycles. The molecule has 31 heavy (non-hydrogen) atoms. The van der Waals surface area contributed by atoms with Crippen LogP contribution in [-0.4, -0.2) is 107 Å². The SMILES string of the molecule is C=CC(=O)N1CCN(C(C)C)C(C)(CC(=C)C(=O)N2CCN(C(C)C)C3(COC3)C2)C1. The van der Waals surface area contributed by atoms with Crippen molar-refractivity contribution in [3.63, 3.8) is 0 Å². The summed E-state index contributed by atoms with van der Waals surface area (Å²) in [5, 5.41) is 0. The Balaban J connectivity index is 1.71. The minimum atomic E-state index is -0.338. The Hall–Kier alpha value is -1.70. The summed E-state index contributed by atoms with van der Waals surface area (Å²) in [6.07, 6.45) is 1.92. The molecule has 0 aromatic rings. The molecule has 0 bridgehead atoms. The standard InChI is InChI=1S/C24H40N4O3/c1-8-21(29)25-9-11-27(18(2)3)23(7,14-25)13-20(6)22(30)26-10-12-28(19(4)5)24(15-26)16-31-17-24/h8,18-19H,1,6,9-17H2,2-5,7H3. The molecule has 3 fully saturated rings. The van der Waals surface area contributed by atoms with E-state index >= 15 is 0 Å². The summed E-state index contributed by atoms with van der Waals surface area (Å²) < 4.78 is 5.55. The third-order valence-electron chi connectivity index (χ3n) is 7.20. The molecule has 0 N–H and O–H groups in total. The fourth-order valence-corrected chi connectivity index (χ4v) is 5.76. The van der Waals surface area contributed by atoms with Crippen molar-refractivity contribution in [2.24, 2.45) is 0 Å². The van der Waals surface area contributed by atoms with E-state index in [0.717, 1.165) is 13.1 Å². The smallest absolute Gasteiger partial charge is 0.249 e. The lowest BCUT2D eigenvalue weighted by molar-refractivity contribution is -0.182. The van der Waals surface area contributed by atoms with Crippen molar-refractivity contribution in [2.45, 2.75) is 64.2 Å². The number of nitrogens with zero attached hydrogens (tertiary/aromatic N) is 4. The van der Waals surface area contributed by atoms with E-state index < -0.39 is 0 Å². The average Bonchev–Trinajstić information content (AvgIpc) is 2.69. The van der Waals surface area contributed by atoms with Crippen LogP contribution in [0.5, 0.6) is 0 Å². The summed E-state index contributed by atoms with van der Waals surface area (Å²) in [5.74, 6) is -0.0184. The molecule has 0 aromatic heterocycles. The van der Waals surface area contributed by atoms with Crippen LogP contribution in [0.25, 0.3) is 0 Å². The van der Waals surface area contributed by atoms with Gasteiger partial charge in [-0.3, -0.25) is 19.4 Å². The highest BCUT2D eigenvalue weighted by atomic mass is 16.5. The van der Waals surface area contributed by atoms with Crippen molar-refractivity contribution in [1.82, 2.24) is 19.6 Å². The first kappa shape index (κ1) is 24.0. The second kappa shape index (κ2) is 9.04. The maximum Gasteiger partial charge on any atom is 0.249 e. The van der Waals surface area contributed by atoms with Crippen molar-refractivity contribution in [3.05, 3.63) is 24.8 Å². The molecule has 3 saturated heterocycles. The van der Waals surface area contributed by atoms with Gasteiger partial charge in [0.25, 0.3) is 0 Å². The van der Waals surface area contributed by atoms with E-state index in [9.17, 15) is 9.59 Å². The molecule has 3 aliphatic heterocycles. The summed E-state index contributed by atoms with van der Waals surface area (Å²) in [5.41, 5.74) is 0.220. The minimum Gasteiger partial charge on any atom is -0.377 e. The van der Waals surface area contributed by atoms with Gasteiger partial charge in [-0.1, -0.05) is 13.2 Å². The van der Waals surface area contributed by atoms with Crippen LogP contribution in [0.15, 0.2) is 24.8 Å². The van der Waals surface area contributed by atoms with Crippen LogP contribution >= 0.6 is 0 Å². The van der Waals surface area contributed by atoms with Crippen molar-refractivity contribution >= 4 is 11.8 Å². The van der Waals surface area contributed by atoms with Crippen LogP contribution in [0, 0.1) is 0 Å². The van der Waals surface area contributed by atoms with Crippen LogP contribution < -0.4 is 0 Å². The third kappa shape index (κ3) is 4.59. The third-order valence-corrected chi connectivity index (χ3v) is 7.20. The fraction of sp³-hybridized carbons (Fsp3) is 0.750. The molecule has 7 nitrogen and oxygen atoms in total. The molecule has 7 heteroatoms. The molecule has 0 radical (unpaired) electrons. The molecule has 1 atom stereocenters. The van der Waals surface area contributed by atoms with Gasteiger partial charge >= 0.3 is 0 Å². The van der Waals surface area contributed by atoms with E-state index in [4.69, 9.17) is 4.74 Å². The molecule has 1 unspecified atom stereocenters. The molecular weight excluding hydrogens is 392 g/mol. The Morgan fingerprint density at radius 2 is 1.55 bits per heavy atom. The number of ether oxygens (including phenoxy) is 1. The Bertz CT molecular complexity index is 730. The van der Waals surface area contributed by atoms with Crippen molar-refractivity contribution in [3.8, 4) is 0 Å². The van der Waals surface area contributed by atoms with Gasteiger partial charge in [0, 0.05) is 62.5 Å². The van der Waals surface area contributed by atoms with Gasteiger partial charge in [0.2, 0.25) is 11.8 Å². The van der Waals surface area contributed by atoms with Crippen LogP contribution in [0.2, 0.25) is 0 Å². The normalized spacial score (nSPS) is 26.9. The van der Waals surface area contributed by atoms with Crippen LogP contribution in [0.1, 0.15) is 41.0 Å². The van der Waals surface area contributed by atoms with Crippen LogP contribution in [0.3, 0.4) is 0 Å². The zero-order valence-electron chi connectivity index (χ0n) is 20.0. The van der Waals surface area contributed by atoms with Crippen LogP contribution in [-0.2, 0) is 14.3 Å². The average molecular weight is 433 g/mol. The lowest BCUT2D eigenvalue weighted by Gasteiger charge is -2.57. The summed E-state index contributed by atoms with van der Waals surface area (Å²) in [6, 6.07) is 0.748. The van der Waals surface area contributed by atoms with Crippen molar-refractivity contribution in [1.29, 1.82) is 0 Å². The largest absolute Gasteiger partial charge is 0.377 e. The quantitative estimate of drug-likeness (QED) is 0.599. The second-order valence-electron chi connectivity index (χ2n) is 10.3. The maximum absolute atomic E-state index is 13.4. The number of hydrogen-bond donors (Lipinski definition) is 0. The topological polar surface area (TPSA) is 56.3 Å². The maximum atomic E-state index is 13.4. The molecule has 0 aliphatic carbocycles. The lowest BCUT2D eigenvalue weighted by Crippen LogP contribution is -2.73. The zero-order valence-corrected chi connectivity index (χ0v) is 20.0. The number of piperazine rings is 2. The van der Waals surface area contributed by atoms with Gasteiger partial charge in [0.05, 0.1) is 18.8 Å². The minimum absolute atomic E-state index is 0.0341. The molecule has 3 rings (SSSR count). The van der Waals surface area contributed by atoms with E-state index in [1.54, 1.807) is 0 Å². The molecular formula is C24H40N4O3. The molecule has 3 aliphatic rings. The first-order valence-corrected chi connectivity index (χ1v) is 11.5. The molecule has 0 saturated carbocycles. The number of rotatable bonds is 6. The highest BCUT2D eigenvalue weighted by Crippen LogP contribution is 2.34. The molecule has 1 spiro atoms. The fourth-order valence-electron chi connectivity index (χ4n) is 5.76. The molecule has 0 aromatic carbocycles.